The lowest BCUT2D eigenvalue weighted by Crippen LogP contribution is -2.37. The van der Waals surface area contributed by atoms with E-state index in [-0.39, 0.29) is 0 Å². The molecule has 160 valence electrons. The average Bonchev–Trinajstić information content (AvgIpc) is 2.94. The highest BCUT2D eigenvalue weighted by atomic mass is 35.5. The second kappa shape index (κ2) is 12.1. The molecule has 0 bridgehead atoms. The van der Waals surface area contributed by atoms with Crippen LogP contribution in [0.2, 0.25) is 10.2 Å². The number of benzene rings is 1. The molecular formula is C20H28Cl2N4O2S. The van der Waals surface area contributed by atoms with Crippen LogP contribution in [0.25, 0.3) is 0 Å². The van der Waals surface area contributed by atoms with Gasteiger partial charge in [-0.15, -0.1) is 0 Å². The fourth-order valence-corrected chi connectivity index (χ4v) is 3.34. The summed E-state index contributed by atoms with van der Waals surface area (Å²) in [4.78, 5) is 0. The quantitative estimate of drug-likeness (QED) is 0.384. The van der Waals surface area contributed by atoms with E-state index in [2.05, 4.69) is 15.7 Å². The molecule has 0 spiro atoms. The van der Waals surface area contributed by atoms with Crippen molar-refractivity contribution < 1.29 is 9.47 Å². The molecule has 0 unspecified atom stereocenters. The topological polar surface area (TPSA) is 60.3 Å². The normalized spacial score (nSPS) is 10.7. The number of rotatable bonds is 11. The maximum Gasteiger partial charge on any atom is 0.166 e. The second-order valence-electron chi connectivity index (χ2n) is 6.35. The average molecular weight is 459 g/mol. The third kappa shape index (κ3) is 7.24. The van der Waals surface area contributed by atoms with Crippen molar-refractivity contribution in [1.82, 2.24) is 20.4 Å². The Balaban J connectivity index is 1.70. The summed E-state index contributed by atoms with van der Waals surface area (Å²) in [6, 6.07) is 6.02. The standard InChI is InChI=1S/C20H28Cl2N4O2S/c1-4-27-16-8-7-15(13-17(16)28-5-2)9-11-24-20(29)23-10-6-12-26-19(22)18(21)14(3)25-26/h7-8,13H,4-6,9-12H2,1-3H3,(H2,23,24,29). The number of ether oxygens (including phenoxy) is 2. The van der Waals surface area contributed by atoms with Gasteiger partial charge in [0.15, 0.2) is 16.6 Å². The molecule has 9 heteroatoms. The molecular weight excluding hydrogens is 431 g/mol. The molecule has 2 aromatic rings. The van der Waals surface area contributed by atoms with Gasteiger partial charge in [0.1, 0.15) is 10.2 Å². The fourth-order valence-electron chi connectivity index (χ4n) is 2.74. The van der Waals surface area contributed by atoms with E-state index in [1.54, 1.807) is 4.68 Å². The van der Waals surface area contributed by atoms with Crippen LogP contribution in [0.4, 0.5) is 0 Å². The third-order valence-corrected chi connectivity index (χ3v) is 5.36. The highest BCUT2D eigenvalue weighted by Crippen LogP contribution is 2.28. The Hall–Kier alpha value is -1.70. The number of nitrogens with zero attached hydrogens (tertiary/aromatic N) is 2. The summed E-state index contributed by atoms with van der Waals surface area (Å²) in [6.07, 6.45) is 1.66. The minimum Gasteiger partial charge on any atom is -0.490 e. The molecule has 6 nitrogen and oxygen atoms in total. The number of halogens is 2. The lowest BCUT2D eigenvalue weighted by Gasteiger charge is -2.13. The molecule has 0 saturated carbocycles. The molecule has 0 atom stereocenters. The molecule has 1 aromatic carbocycles. The van der Waals surface area contributed by atoms with E-state index < -0.39 is 0 Å². The zero-order valence-corrected chi connectivity index (χ0v) is 19.4. The monoisotopic (exact) mass is 458 g/mol. The van der Waals surface area contributed by atoms with Gasteiger partial charge in [0, 0.05) is 19.6 Å². The largest absolute Gasteiger partial charge is 0.490 e. The van der Waals surface area contributed by atoms with Crippen molar-refractivity contribution in [3.8, 4) is 11.5 Å². The number of aromatic nitrogens is 2. The number of nitrogens with one attached hydrogen (secondary N) is 2. The van der Waals surface area contributed by atoms with Crippen LogP contribution in [-0.4, -0.2) is 41.2 Å². The Morgan fingerprint density at radius 1 is 1.10 bits per heavy atom. The second-order valence-corrected chi connectivity index (χ2v) is 7.49. The molecule has 0 radical (unpaired) electrons. The Morgan fingerprint density at radius 2 is 1.79 bits per heavy atom. The Morgan fingerprint density at radius 3 is 2.45 bits per heavy atom. The van der Waals surface area contributed by atoms with E-state index in [0.29, 0.717) is 35.0 Å². The van der Waals surface area contributed by atoms with Crippen LogP contribution in [0.3, 0.4) is 0 Å². The first-order valence-electron chi connectivity index (χ1n) is 9.74. The molecule has 1 heterocycles. The summed E-state index contributed by atoms with van der Waals surface area (Å²) in [7, 11) is 0. The third-order valence-electron chi connectivity index (χ3n) is 4.14. The van der Waals surface area contributed by atoms with Crippen LogP contribution in [0, 0.1) is 6.92 Å². The van der Waals surface area contributed by atoms with Gasteiger partial charge in [-0.05, 0) is 63.5 Å². The zero-order chi connectivity index (χ0) is 21.2. The summed E-state index contributed by atoms with van der Waals surface area (Å²) in [5.41, 5.74) is 1.90. The maximum absolute atomic E-state index is 6.13. The predicted molar refractivity (Wildman–Crippen MR) is 123 cm³/mol. The van der Waals surface area contributed by atoms with Crippen LogP contribution >= 0.6 is 35.4 Å². The number of hydrogen-bond acceptors (Lipinski definition) is 4. The predicted octanol–water partition coefficient (Wildman–Crippen LogP) is 4.39. The van der Waals surface area contributed by atoms with Crippen molar-refractivity contribution in [2.75, 3.05) is 26.3 Å². The van der Waals surface area contributed by atoms with E-state index in [1.165, 1.54) is 0 Å². The van der Waals surface area contributed by atoms with Gasteiger partial charge in [-0.1, -0.05) is 29.3 Å². The fraction of sp³-hybridized carbons (Fsp3) is 0.500. The number of aryl methyl sites for hydroxylation is 2. The van der Waals surface area contributed by atoms with Gasteiger partial charge in [-0.3, -0.25) is 4.68 Å². The van der Waals surface area contributed by atoms with E-state index in [4.69, 9.17) is 44.9 Å². The molecule has 0 saturated heterocycles. The summed E-state index contributed by atoms with van der Waals surface area (Å²) in [5.74, 6) is 1.55. The van der Waals surface area contributed by atoms with Gasteiger partial charge in [0.05, 0.1) is 18.9 Å². The van der Waals surface area contributed by atoms with Crippen LogP contribution in [0.5, 0.6) is 11.5 Å². The van der Waals surface area contributed by atoms with Gasteiger partial charge < -0.3 is 20.1 Å². The van der Waals surface area contributed by atoms with Gasteiger partial charge in [-0.2, -0.15) is 5.10 Å². The summed E-state index contributed by atoms with van der Waals surface area (Å²) >= 11 is 17.5. The van der Waals surface area contributed by atoms with Crippen molar-refractivity contribution in [2.24, 2.45) is 0 Å². The smallest absolute Gasteiger partial charge is 0.166 e. The summed E-state index contributed by atoms with van der Waals surface area (Å²) < 4.78 is 13.0. The minimum absolute atomic E-state index is 0.478. The lowest BCUT2D eigenvalue weighted by atomic mass is 10.1. The lowest BCUT2D eigenvalue weighted by molar-refractivity contribution is 0.287. The van der Waals surface area contributed by atoms with E-state index in [0.717, 1.165) is 48.7 Å². The Labute approximate surface area is 187 Å². The molecule has 2 N–H and O–H groups in total. The van der Waals surface area contributed by atoms with Crippen LogP contribution in [-0.2, 0) is 13.0 Å². The number of thiocarbonyl (C=S) groups is 1. The van der Waals surface area contributed by atoms with Crippen molar-refractivity contribution in [3.05, 3.63) is 39.6 Å². The van der Waals surface area contributed by atoms with Gasteiger partial charge in [0.25, 0.3) is 0 Å². The van der Waals surface area contributed by atoms with E-state index in [9.17, 15) is 0 Å². The van der Waals surface area contributed by atoms with E-state index in [1.807, 2.05) is 39.0 Å². The van der Waals surface area contributed by atoms with Crippen LogP contribution in [0.1, 0.15) is 31.5 Å². The zero-order valence-electron chi connectivity index (χ0n) is 17.1. The van der Waals surface area contributed by atoms with Crippen molar-refractivity contribution >= 4 is 40.5 Å². The first kappa shape index (κ1) is 23.6. The number of hydrogen-bond donors (Lipinski definition) is 2. The van der Waals surface area contributed by atoms with Crippen LogP contribution in [0.15, 0.2) is 18.2 Å². The van der Waals surface area contributed by atoms with Gasteiger partial charge >= 0.3 is 0 Å². The highest BCUT2D eigenvalue weighted by molar-refractivity contribution is 7.80. The SMILES string of the molecule is CCOc1ccc(CCNC(=S)NCCCn2nc(C)c(Cl)c2Cl)cc1OCC. The minimum atomic E-state index is 0.478. The maximum atomic E-state index is 6.13. The van der Waals surface area contributed by atoms with Gasteiger partial charge in [0.2, 0.25) is 0 Å². The molecule has 0 aliphatic heterocycles. The Kier molecular flexibility index (Phi) is 9.84. The molecule has 1 aromatic heterocycles. The molecule has 0 aliphatic rings. The van der Waals surface area contributed by atoms with Crippen LogP contribution < -0.4 is 20.1 Å². The van der Waals surface area contributed by atoms with Crippen molar-refractivity contribution in [1.29, 1.82) is 0 Å². The van der Waals surface area contributed by atoms with Crippen molar-refractivity contribution in [2.45, 2.75) is 40.2 Å². The molecule has 29 heavy (non-hydrogen) atoms. The summed E-state index contributed by atoms with van der Waals surface area (Å²) in [5, 5.41) is 12.3. The Bertz CT molecular complexity index is 814. The highest BCUT2D eigenvalue weighted by Gasteiger charge is 2.10. The van der Waals surface area contributed by atoms with Crippen molar-refractivity contribution in [3.63, 3.8) is 0 Å². The molecule has 0 fully saturated rings. The van der Waals surface area contributed by atoms with E-state index >= 15 is 0 Å². The molecule has 0 aliphatic carbocycles. The molecule has 2 rings (SSSR count). The first-order chi connectivity index (χ1) is 14.0. The molecule has 0 amide bonds. The summed E-state index contributed by atoms with van der Waals surface area (Å²) in [6.45, 7) is 9.09. The van der Waals surface area contributed by atoms with Gasteiger partial charge in [-0.25, -0.2) is 0 Å². The first-order valence-corrected chi connectivity index (χ1v) is 10.9.